The van der Waals surface area contributed by atoms with Gasteiger partial charge >= 0.3 is 5.97 Å². The van der Waals surface area contributed by atoms with Crippen molar-refractivity contribution in [1.29, 1.82) is 0 Å². The Labute approximate surface area is 107 Å². The SMILES string of the molecule is CC(Cc1cccc(O)c1F)C(=O)OC(C)(C)C. The van der Waals surface area contributed by atoms with Crippen molar-refractivity contribution >= 4 is 5.97 Å². The van der Waals surface area contributed by atoms with Crippen LogP contribution in [-0.4, -0.2) is 16.7 Å². The molecule has 100 valence electrons. The summed E-state index contributed by atoms with van der Waals surface area (Å²) in [4.78, 5) is 11.8. The Morgan fingerprint density at radius 2 is 2.06 bits per heavy atom. The van der Waals surface area contributed by atoms with Crippen molar-refractivity contribution in [2.24, 2.45) is 5.92 Å². The van der Waals surface area contributed by atoms with Crippen LogP contribution >= 0.6 is 0 Å². The second kappa shape index (κ2) is 5.38. The third-order valence-corrected chi connectivity index (χ3v) is 2.39. The summed E-state index contributed by atoms with van der Waals surface area (Å²) in [6, 6.07) is 4.38. The smallest absolute Gasteiger partial charge is 0.309 e. The second-order valence-electron chi connectivity index (χ2n) is 5.39. The summed E-state index contributed by atoms with van der Waals surface area (Å²) in [6.07, 6.45) is 0.204. The van der Waals surface area contributed by atoms with Gasteiger partial charge in [0.25, 0.3) is 0 Å². The highest BCUT2D eigenvalue weighted by atomic mass is 19.1. The fraction of sp³-hybridized carbons (Fsp3) is 0.500. The fourth-order valence-electron chi connectivity index (χ4n) is 1.54. The Balaban J connectivity index is 2.73. The van der Waals surface area contributed by atoms with E-state index in [1.807, 2.05) is 0 Å². The molecule has 1 unspecified atom stereocenters. The van der Waals surface area contributed by atoms with Crippen molar-refractivity contribution in [2.45, 2.75) is 39.7 Å². The molecular weight excluding hydrogens is 235 g/mol. The zero-order chi connectivity index (χ0) is 13.9. The summed E-state index contributed by atoms with van der Waals surface area (Å²) in [7, 11) is 0. The number of phenolic OH excluding ortho intramolecular Hbond substituents is 1. The zero-order valence-electron chi connectivity index (χ0n) is 11.2. The van der Waals surface area contributed by atoms with Crippen molar-refractivity contribution in [3.8, 4) is 5.75 Å². The van der Waals surface area contributed by atoms with Crippen LogP contribution in [0.1, 0.15) is 33.3 Å². The molecule has 1 aromatic rings. The van der Waals surface area contributed by atoms with Gasteiger partial charge in [-0.1, -0.05) is 19.1 Å². The van der Waals surface area contributed by atoms with Crippen LogP contribution in [0.4, 0.5) is 4.39 Å². The third-order valence-electron chi connectivity index (χ3n) is 2.39. The lowest BCUT2D eigenvalue weighted by atomic mass is 10.00. The number of hydrogen-bond donors (Lipinski definition) is 1. The molecule has 0 spiro atoms. The van der Waals surface area contributed by atoms with E-state index in [0.29, 0.717) is 5.56 Å². The molecule has 18 heavy (non-hydrogen) atoms. The van der Waals surface area contributed by atoms with Crippen LogP contribution in [0.25, 0.3) is 0 Å². The van der Waals surface area contributed by atoms with E-state index in [2.05, 4.69) is 0 Å². The number of aromatic hydroxyl groups is 1. The van der Waals surface area contributed by atoms with Crippen LogP contribution in [0.2, 0.25) is 0 Å². The molecule has 0 heterocycles. The van der Waals surface area contributed by atoms with E-state index in [1.54, 1.807) is 39.8 Å². The largest absolute Gasteiger partial charge is 0.505 e. The molecule has 0 amide bonds. The minimum absolute atomic E-state index is 0.204. The molecule has 0 saturated heterocycles. The Bertz CT molecular complexity index is 435. The first-order valence-corrected chi connectivity index (χ1v) is 5.90. The molecule has 0 aliphatic rings. The fourth-order valence-corrected chi connectivity index (χ4v) is 1.54. The minimum Gasteiger partial charge on any atom is -0.505 e. The molecular formula is C14H19FO3. The maximum absolute atomic E-state index is 13.6. The van der Waals surface area contributed by atoms with E-state index in [1.165, 1.54) is 6.07 Å². The number of esters is 1. The minimum atomic E-state index is -0.673. The molecule has 0 bridgehead atoms. The molecule has 4 heteroatoms. The Hall–Kier alpha value is -1.58. The number of carbonyl (C=O) groups is 1. The molecule has 0 aliphatic carbocycles. The van der Waals surface area contributed by atoms with Gasteiger partial charge < -0.3 is 9.84 Å². The van der Waals surface area contributed by atoms with Gasteiger partial charge in [0, 0.05) is 0 Å². The Morgan fingerprint density at radius 3 is 2.61 bits per heavy atom. The molecule has 1 rings (SSSR count). The molecule has 0 aliphatic heterocycles. The standard InChI is InChI=1S/C14H19FO3/c1-9(13(17)18-14(2,3)4)8-10-6-5-7-11(16)12(10)15/h5-7,9,16H,8H2,1-4H3. The van der Waals surface area contributed by atoms with Gasteiger partial charge in [-0.25, -0.2) is 4.39 Å². The van der Waals surface area contributed by atoms with Gasteiger partial charge in [-0.05, 0) is 38.8 Å². The van der Waals surface area contributed by atoms with Crippen LogP contribution in [0, 0.1) is 11.7 Å². The third kappa shape index (κ3) is 4.02. The number of benzene rings is 1. The van der Waals surface area contributed by atoms with Gasteiger partial charge in [0.1, 0.15) is 5.60 Å². The first kappa shape index (κ1) is 14.5. The number of halogens is 1. The molecule has 1 N–H and O–H groups in total. The summed E-state index contributed by atoms with van der Waals surface area (Å²) >= 11 is 0. The van der Waals surface area contributed by atoms with E-state index in [9.17, 15) is 14.3 Å². The van der Waals surface area contributed by atoms with Crippen molar-refractivity contribution < 1.29 is 19.0 Å². The molecule has 1 aromatic carbocycles. The van der Waals surface area contributed by atoms with Crippen LogP contribution in [0.5, 0.6) is 5.75 Å². The van der Waals surface area contributed by atoms with Gasteiger partial charge in [-0.3, -0.25) is 4.79 Å². The van der Waals surface area contributed by atoms with E-state index in [-0.39, 0.29) is 12.4 Å². The van der Waals surface area contributed by atoms with Crippen molar-refractivity contribution in [3.63, 3.8) is 0 Å². The van der Waals surface area contributed by atoms with Gasteiger partial charge in [0.2, 0.25) is 0 Å². The van der Waals surface area contributed by atoms with Crippen molar-refractivity contribution in [1.82, 2.24) is 0 Å². The van der Waals surface area contributed by atoms with Crippen LogP contribution < -0.4 is 0 Å². The predicted octanol–water partition coefficient (Wildman–Crippen LogP) is 3.05. The average Bonchev–Trinajstić information content (AvgIpc) is 2.22. The Kier molecular flexibility index (Phi) is 4.33. The summed E-state index contributed by atoms with van der Waals surface area (Å²) in [5, 5.41) is 9.25. The van der Waals surface area contributed by atoms with Crippen molar-refractivity contribution in [2.75, 3.05) is 0 Å². The van der Waals surface area contributed by atoms with E-state index < -0.39 is 23.1 Å². The van der Waals surface area contributed by atoms with E-state index in [4.69, 9.17) is 4.74 Å². The maximum Gasteiger partial charge on any atom is 0.309 e. The first-order chi connectivity index (χ1) is 8.20. The van der Waals surface area contributed by atoms with Gasteiger partial charge in [0.15, 0.2) is 11.6 Å². The maximum atomic E-state index is 13.6. The Morgan fingerprint density at radius 1 is 1.44 bits per heavy atom. The first-order valence-electron chi connectivity index (χ1n) is 5.90. The van der Waals surface area contributed by atoms with Gasteiger partial charge in [-0.15, -0.1) is 0 Å². The lowest BCUT2D eigenvalue weighted by molar-refractivity contribution is -0.159. The average molecular weight is 254 g/mol. The number of ether oxygens (including phenoxy) is 1. The quantitative estimate of drug-likeness (QED) is 0.843. The summed E-state index contributed by atoms with van der Waals surface area (Å²) in [5.74, 6) is -1.90. The number of hydrogen-bond acceptors (Lipinski definition) is 3. The van der Waals surface area contributed by atoms with Gasteiger partial charge in [-0.2, -0.15) is 0 Å². The topological polar surface area (TPSA) is 46.5 Å². The lowest BCUT2D eigenvalue weighted by Crippen LogP contribution is -2.28. The normalized spacial score (nSPS) is 13.2. The summed E-state index contributed by atoms with van der Waals surface area (Å²) in [5.41, 5.74) is -0.240. The van der Waals surface area contributed by atoms with Gasteiger partial charge in [0.05, 0.1) is 5.92 Å². The summed E-state index contributed by atoms with van der Waals surface area (Å²) < 4.78 is 18.8. The molecule has 0 aromatic heterocycles. The van der Waals surface area contributed by atoms with E-state index >= 15 is 0 Å². The lowest BCUT2D eigenvalue weighted by Gasteiger charge is -2.22. The second-order valence-corrected chi connectivity index (χ2v) is 5.39. The highest BCUT2D eigenvalue weighted by Crippen LogP contribution is 2.22. The highest BCUT2D eigenvalue weighted by molar-refractivity contribution is 5.72. The molecule has 0 fully saturated rings. The highest BCUT2D eigenvalue weighted by Gasteiger charge is 2.23. The van der Waals surface area contributed by atoms with Crippen molar-refractivity contribution in [3.05, 3.63) is 29.6 Å². The molecule has 3 nitrogen and oxygen atoms in total. The zero-order valence-corrected chi connectivity index (χ0v) is 11.2. The molecule has 1 atom stereocenters. The number of phenols is 1. The van der Waals surface area contributed by atoms with Crippen LogP contribution in [0.15, 0.2) is 18.2 Å². The molecule has 0 saturated carbocycles. The van der Waals surface area contributed by atoms with E-state index in [0.717, 1.165) is 0 Å². The van der Waals surface area contributed by atoms with Crippen LogP contribution in [-0.2, 0) is 16.0 Å². The number of rotatable bonds is 3. The monoisotopic (exact) mass is 254 g/mol. The number of carbonyl (C=O) groups excluding carboxylic acids is 1. The summed E-state index contributed by atoms with van der Waals surface area (Å²) in [6.45, 7) is 7.03. The van der Waals surface area contributed by atoms with Crippen LogP contribution in [0.3, 0.4) is 0 Å². The predicted molar refractivity (Wildman–Crippen MR) is 66.8 cm³/mol. The molecule has 0 radical (unpaired) electrons.